The zero-order chi connectivity index (χ0) is 20.7. The Balaban J connectivity index is 1.96. The van der Waals surface area contributed by atoms with Crippen molar-refractivity contribution in [2.75, 3.05) is 0 Å². The minimum atomic E-state index is -0.617. The number of nitro benzene ring substituents is 2. The molecule has 0 amide bonds. The average Bonchev–Trinajstić information content (AvgIpc) is 2.64. The summed E-state index contributed by atoms with van der Waals surface area (Å²) in [4.78, 5) is 20.2. The van der Waals surface area contributed by atoms with E-state index in [-0.39, 0.29) is 39.1 Å². The highest BCUT2D eigenvalue weighted by atomic mass is 32.1. The van der Waals surface area contributed by atoms with Gasteiger partial charge in [0.05, 0.1) is 22.3 Å². The molecule has 2 aromatic carbocycles. The first-order valence-corrected chi connectivity index (χ1v) is 7.75. The van der Waals surface area contributed by atoms with Gasteiger partial charge in [-0.1, -0.05) is 0 Å². The summed E-state index contributed by atoms with van der Waals surface area (Å²) in [5, 5.41) is 48.1. The van der Waals surface area contributed by atoms with Crippen molar-refractivity contribution in [3.63, 3.8) is 0 Å². The maximum atomic E-state index is 10.7. The van der Waals surface area contributed by atoms with Crippen molar-refractivity contribution in [2.24, 2.45) is 10.2 Å². The van der Waals surface area contributed by atoms with Crippen LogP contribution in [0, 0.1) is 20.2 Å². The molecule has 0 fully saturated rings. The largest absolute Gasteiger partial charge is 0.507 e. The van der Waals surface area contributed by atoms with Crippen LogP contribution in [0.15, 0.2) is 46.6 Å². The summed E-state index contributed by atoms with van der Waals surface area (Å²) < 4.78 is 0. The molecule has 0 bridgehead atoms. The Morgan fingerprint density at radius 2 is 1.29 bits per heavy atom. The van der Waals surface area contributed by atoms with Gasteiger partial charge < -0.3 is 10.2 Å². The van der Waals surface area contributed by atoms with Gasteiger partial charge in [-0.2, -0.15) is 10.2 Å². The summed E-state index contributed by atoms with van der Waals surface area (Å²) in [6.07, 6.45) is 2.23. The Kier molecular flexibility index (Phi) is 6.49. The van der Waals surface area contributed by atoms with Gasteiger partial charge in [0.15, 0.2) is 0 Å². The highest BCUT2D eigenvalue weighted by Gasteiger charge is 2.09. The zero-order valence-corrected chi connectivity index (χ0v) is 14.7. The van der Waals surface area contributed by atoms with Crippen LogP contribution in [0.4, 0.5) is 11.4 Å². The molecule has 12 nitrogen and oxygen atoms in total. The van der Waals surface area contributed by atoms with Crippen LogP contribution < -0.4 is 10.9 Å². The van der Waals surface area contributed by atoms with Gasteiger partial charge in [0.1, 0.15) is 11.5 Å². The summed E-state index contributed by atoms with van der Waals surface area (Å²) in [6.45, 7) is 0. The third-order valence-corrected chi connectivity index (χ3v) is 3.37. The molecular formula is C15H12N6O6S. The predicted octanol–water partition coefficient (Wildman–Crippen LogP) is 1.75. The molecule has 0 radical (unpaired) electrons. The molecule has 0 saturated heterocycles. The van der Waals surface area contributed by atoms with Crippen molar-refractivity contribution < 1.29 is 20.1 Å². The quantitative estimate of drug-likeness (QED) is 0.242. The molecule has 0 aliphatic carbocycles. The Morgan fingerprint density at radius 1 is 0.893 bits per heavy atom. The van der Waals surface area contributed by atoms with Gasteiger partial charge in [0, 0.05) is 35.4 Å². The number of nitrogens with one attached hydrogen (secondary N) is 2. The maximum absolute atomic E-state index is 10.7. The lowest BCUT2D eigenvalue weighted by atomic mass is 10.2. The molecule has 144 valence electrons. The van der Waals surface area contributed by atoms with Crippen LogP contribution in [0.1, 0.15) is 11.1 Å². The van der Waals surface area contributed by atoms with Crippen molar-refractivity contribution in [1.82, 2.24) is 10.9 Å². The number of nitrogens with zero attached hydrogens (tertiary/aromatic N) is 4. The maximum Gasteiger partial charge on any atom is 0.270 e. The number of phenols is 2. The predicted molar refractivity (Wildman–Crippen MR) is 104 cm³/mol. The van der Waals surface area contributed by atoms with Crippen molar-refractivity contribution in [2.45, 2.75) is 0 Å². The Labute approximate surface area is 162 Å². The van der Waals surface area contributed by atoms with E-state index >= 15 is 0 Å². The third-order valence-electron chi connectivity index (χ3n) is 3.18. The smallest absolute Gasteiger partial charge is 0.270 e. The highest BCUT2D eigenvalue weighted by molar-refractivity contribution is 7.80. The minimum absolute atomic E-state index is 0.0812. The van der Waals surface area contributed by atoms with E-state index in [0.29, 0.717) is 0 Å². The number of phenolic OH excluding ortho intramolecular Hbond substituents is 2. The number of benzene rings is 2. The number of aromatic hydroxyl groups is 2. The number of rotatable bonds is 6. The standard InChI is InChI=1S/C15H12N6O6S/c22-13-3-1-11(20(24)25)5-9(13)7-16-18-15(28)19-17-8-10-6-12(21(26)27)2-4-14(10)23/h1-8,22-23H,(H2,18,19,28)/b16-7+,17-8+. The van der Waals surface area contributed by atoms with Gasteiger partial charge in [-0.3, -0.25) is 31.1 Å². The summed E-state index contributed by atoms with van der Waals surface area (Å²) in [7, 11) is 0. The molecule has 0 atom stereocenters. The van der Waals surface area contributed by atoms with Crippen LogP contribution >= 0.6 is 12.2 Å². The number of nitro groups is 2. The Morgan fingerprint density at radius 3 is 1.64 bits per heavy atom. The van der Waals surface area contributed by atoms with Crippen LogP contribution in [0.25, 0.3) is 0 Å². The lowest BCUT2D eigenvalue weighted by Gasteiger charge is -2.02. The van der Waals surface area contributed by atoms with Gasteiger partial charge in [-0.25, -0.2) is 0 Å². The minimum Gasteiger partial charge on any atom is -0.507 e. The van der Waals surface area contributed by atoms with Gasteiger partial charge in [0.2, 0.25) is 5.11 Å². The lowest BCUT2D eigenvalue weighted by molar-refractivity contribution is -0.385. The molecule has 28 heavy (non-hydrogen) atoms. The van der Waals surface area contributed by atoms with Crippen molar-refractivity contribution >= 4 is 41.1 Å². The topological polar surface area (TPSA) is 176 Å². The molecule has 0 heterocycles. The fraction of sp³-hybridized carbons (Fsp3) is 0. The summed E-state index contributed by atoms with van der Waals surface area (Å²) in [5.74, 6) is -0.427. The molecule has 0 saturated carbocycles. The van der Waals surface area contributed by atoms with Crippen molar-refractivity contribution in [1.29, 1.82) is 0 Å². The molecule has 0 aliphatic rings. The van der Waals surface area contributed by atoms with E-state index in [1.807, 2.05) is 0 Å². The molecule has 13 heteroatoms. The number of hydrazone groups is 2. The van der Waals surface area contributed by atoms with Crippen molar-refractivity contribution in [3.05, 3.63) is 67.8 Å². The van der Waals surface area contributed by atoms with E-state index in [9.17, 15) is 30.4 Å². The molecular weight excluding hydrogens is 392 g/mol. The number of thiocarbonyl (C=S) groups is 1. The summed E-state index contributed by atoms with van der Waals surface area (Å²) in [6, 6.07) is 6.85. The van der Waals surface area contributed by atoms with Gasteiger partial charge in [-0.15, -0.1) is 0 Å². The number of non-ortho nitro benzene ring substituents is 2. The summed E-state index contributed by atoms with van der Waals surface area (Å²) in [5.41, 5.74) is 4.47. The fourth-order valence-electron chi connectivity index (χ4n) is 1.86. The molecule has 0 aromatic heterocycles. The van der Waals surface area contributed by atoms with Gasteiger partial charge >= 0.3 is 0 Å². The average molecular weight is 404 g/mol. The Bertz CT molecular complexity index is 915. The second-order valence-corrected chi connectivity index (χ2v) is 5.48. The first-order chi connectivity index (χ1) is 13.3. The van der Waals surface area contributed by atoms with Crippen LogP contribution in [0.3, 0.4) is 0 Å². The van der Waals surface area contributed by atoms with E-state index in [4.69, 9.17) is 12.2 Å². The first-order valence-electron chi connectivity index (χ1n) is 7.35. The SMILES string of the molecule is O=[N+]([O-])c1ccc(O)c(/C=N/NC(=S)N/N=C/c2cc([N+](=O)[O-])ccc2O)c1. The fourth-order valence-corrected chi connectivity index (χ4v) is 1.97. The van der Waals surface area contributed by atoms with Crippen LogP contribution in [-0.2, 0) is 0 Å². The second-order valence-electron chi connectivity index (χ2n) is 5.07. The van der Waals surface area contributed by atoms with Crippen molar-refractivity contribution in [3.8, 4) is 11.5 Å². The van der Waals surface area contributed by atoms with Gasteiger partial charge in [-0.05, 0) is 24.4 Å². The van der Waals surface area contributed by atoms with Gasteiger partial charge in [0.25, 0.3) is 11.4 Å². The molecule has 0 unspecified atom stereocenters. The van der Waals surface area contributed by atoms with E-state index in [1.165, 1.54) is 0 Å². The monoisotopic (exact) mass is 404 g/mol. The number of hydrogen-bond acceptors (Lipinski definition) is 9. The van der Waals surface area contributed by atoms with Crippen LogP contribution in [-0.4, -0.2) is 37.6 Å². The molecule has 0 aliphatic heterocycles. The van der Waals surface area contributed by atoms with E-state index in [2.05, 4.69) is 21.1 Å². The number of hydrogen-bond donors (Lipinski definition) is 4. The van der Waals surface area contributed by atoms with Crippen LogP contribution in [0.2, 0.25) is 0 Å². The molecule has 2 aromatic rings. The Hall–Kier alpha value is -4.13. The molecule has 4 N–H and O–H groups in total. The summed E-state index contributed by atoms with van der Waals surface area (Å²) >= 11 is 4.89. The normalized spacial score (nSPS) is 10.9. The highest BCUT2D eigenvalue weighted by Crippen LogP contribution is 2.22. The zero-order valence-electron chi connectivity index (χ0n) is 13.8. The van der Waals surface area contributed by atoms with E-state index < -0.39 is 9.85 Å². The van der Waals surface area contributed by atoms with E-state index in [0.717, 1.165) is 48.8 Å². The first kappa shape index (κ1) is 20.2. The third kappa shape index (κ3) is 5.43. The molecule has 0 spiro atoms. The van der Waals surface area contributed by atoms with Crippen LogP contribution in [0.5, 0.6) is 11.5 Å². The lowest BCUT2D eigenvalue weighted by Crippen LogP contribution is -2.28. The molecule has 2 rings (SSSR count). The second kappa shape index (κ2) is 9.00. The van der Waals surface area contributed by atoms with E-state index in [1.54, 1.807) is 0 Å².